The molecule has 0 bridgehead atoms. The normalized spacial score (nSPS) is 11.1. The van der Waals surface area contributed by atoms with Crippen LogP contribution in [-0.4, -0.2) is 27.3 Å². The van der Waals surface area contributed by atoms with Gasteiger partial charge >= 0.3 is 0 Å². The lowest BCUT2D eigenvalue weighted by atomic mass is 10.1. The van der Waals surface area contributed by atoms with E-state index in [-0.39, 0.29) is 0 Å². The van der Waals surface area contributed by atoms with E-state index in [2.05, 4.69) is 20.8 Å². The van der Waals surface area contributed by atoms with Crippen molar-refractivity contribution in [1.29, 1.82) is 0 Å². The van der Waals surface area contributed by atoms with Crippen molar-refractivity contribution >= 4 is 0 Å². The Hall–Kier alpha value is -0.120. The van der Waals surface area contributed by atoms with Crippen LogP contribution in [0.15, 0.2) is 0 Å². The predicted octanol–water partition coefficient (Wildman–Crippen LogP) is 5.14. The fourth-order valence-electron chi connectivity index (χ4n) is 1.85. The summed E-state index contributed by atoms with van der Waals surface area (Å²) in [5.74, 6) is -0.830. The number of rotatable bonds is 11. The Kier molecular flexibility index (Phi) is 17.8. The van der Waals surface area contributed by atoms with Gasteiger partial charge in [-0.25, -0.2) is 0 Å². The van der Waals surface area contributed by atoms with E-state index in [0.29, 0.717) is 0 Å². The first-order valence-corrected chi connectivity index (χ1v) is 7.81. The first-order valence-electron chi connectivity index (χ1n) is 7.81. The van der Waals surface area contributed by atoms with Gasteiger partial charge in [-0.3, -0.25) is 0 Å². The second-order valence-electron chi connectivity index (χ2n) is 4.87. The third kappa shape index (κ3) is 12.6. The summed E-state index contributed by atoms with van der Waals surface area (Å²) in [5.41, 5.74) is 0. The van der Waals surface area contributed by atoms with Crippen LogP contribution in [0.2, 0.25) is 0 Å². The minimum Gasteiger partial charge on any atom is -0.331 e. The van der Waals surface area contributed by atoms with Crippen molar-refractivity contribution in [2.24, 2.45) is 0 Å². The molecule has 3 heteroatoms. The number of hydrogen-bond donors (Lipinski definition) is 0. The van der Waals surface area contributed by atoms with Gasteiger partial charge in [0.2, 0.25) is 0 Å². The Bertz CT molecular complexity index is 148. The molecule has 0 aliphatic carbocycles. The monoisotopic (exact) mass is 276 g/mol. The van der Waals surface area contributed by atoms with Gasteiger partial charge in [0, 0.05) is 27.8 Å². The molecule has 0 amide bonds. The number of unbranched alkanes of at least 4 members (excludes halogenated alkanes) is 6. The Morgan fingerprint density at radius 1 is 0.632 bits per heavy atom. The Labute approximate surface area is 121 Å². The molecule has 0 heterocycles. The smallest absolute Gasteiger partial charge is 0.282 e. The van der Waals surface area contributed by atoms with Gasteiger partial charge in [-0.1, -0.05) is 65.7 Å². The molecule has 0 N–H and O–H groups in total. The van der Waals surface area contributed by atoms with Crippen LogP contribution < -0.4 is 0 Å². The standard InChI is InChI=1S/C13H28O3.C3H8/c1-5-6-7-8-9-10-11-12-13(14-2,15-3)16-4;1-3-2/h5-12H2,1-4H3;3H2,1-2H3. The average molecular weight is 276 g/mol. The zero-order valence-corrected chi connectivity index (χ0v) is 14.1. The average Bonchev–Trinajstić information content (AvgIpc) is 2.44. The van der Waals surface area contributed by atoms with E-state index in [1.165, 1.54) is 44.9 Å². The summed E-state index contributed by atoms with van der Waals surface area (Å²) in [5, 5.41) is 0. The molecule has 0 atom stereocenters. The molecule has 0 aliphatic rings. The molecule has 0 aliphatic heterocycles. The van der Waals surface area contributed by atoms with Crippen molar-refractivity contribution in [3.8, 4) is 0 Å². The van der Waals surface area contributed by atoms with E-state index < -0.39 is 5.97 Å². The Balaban J connectivity index is 0. The van der Waals surface area contributed by atoms with Gasteiger partial charge in [0.15, 0.2) is 0 Å². The van der Waals surface area contributed by atoms with Gasteiger partial charge < -0.3 is 14.2 Å². The van der Waals surface area contributed by atoms with Crippen molar-refractivity contribution < 1.29 is 14.2 Å². The highest BCUT2D eigenvalue weighted by molar-refractivity contribution is 4.56. The Morgan fingerprint density at radius 3 is 1.37 bits per heavy atom. The second kappa shape index (κ2) is 15.9. The minimum atomic E-state index is -0.830. The van der Waals surface area contributed by atoms with Gasteiger partial charge in [0.1, 0.15) is 0 Å². The lowest BCUT2D eigenvalue weighted by Gasteiger charge is -2.28. The summed E-state index contributed by atoms with van der Waals surface area (Å²) in [4.78, 5) is 0. The van der Waals surface area contributed by atoms with Crippen molar-refractivity contribution in [1.82, 2.24) is 0 Å². The molecule has 0 fully saturated rings. The van der Waals surface area contributed by atoms with Crippen LogP contribution in [-0.2, 0) is 14.2 Å². The third-order valence-corrected chi connectivity index (χ3v) is 3.02. The van der Waals surface area contributed by atoms with Crippen LogP contribution >= 0.6 is 0 Å². The van der Waals surface area contributed by atoms with Crippen molar-refractivity contribution in [3.63, 3.8) is 0 Å². The fourth-order valence-corrected chi connectivity index (χ4v) is 1.85. The molecule has 0 aromatic heterocycles. The van der Waals surface area contributed by atoms with Crippen LogP contribution in [0.5, 0.6) is 0 Å². The summed E-state index contributed by atoms with van der Waals surface area (Å²) >= 11 is 0. The molecule has 0 rings (SSSR count). The lowest BCUT2D eigenvalue weighted by molar-refractivity contribution is -0.355. The largest absolute Gasteiger partial charge is 0.331 e. The topological polar surface area (TPSA) is 27.7 Å². The maximum atomic E-state index is 5.24. The van der Waals surface area contributed by atoms with Gasteiger partial charge in [-0.2, -0.15) is 0 Å². The van der Waals surface area contributed by atoms with Gasteiger partial charge in [0.25, 0.3) is 5.97 Å². The predicted molar refractivity (Wildman–Crippen MR) is 82.3 cm³/mol. The van der Waals surface area contributed by atoms with Gasteiger partial charge in [0.05, 0.1) is 0 Å². The number of hydrogen-bond acceptors (Lipinski definition) is 3. The van der Waals surface area contributed by atoms with E-state index >= 15 is 0 Å². The molecular weight excluding hydrogens is 240 g/mol. The Morgan fingerprint density at radius 2 is 1.00 bits per heavy atom. The number of methoxy groups -OCH3 is 3. The lowest BCUT2D eigenvalue weighted by Crippen LogP contribution is -2.35. The highest BCUT2D eigenvalue weighted by Crippen LogP contribution is 2.21. The van der Waals surface area contributed by atoms with E-state index in [1.807, 2.05) is 0 Å². The highest BCUT2D eigenvalue weighted by atomic mass is 16.9. The van der Waals surface area contributed by atoms with Crippen LogP contribution in [0.25, 0.3) is 0 Å². The quantitative estimate of drug-likeness (QED) is 0.386. The minimum absolute atomic E-state index is 0.796. The molecule has 0 saturated carbocycles. The highest BCUT2D eigenvalue weighted by Gasteiger charge is 2.28. The molecular formula is C16H36O3. The molecule has 0 aromatic rings. The van der Waals surface area contributed by atoms with Gasteiger partial charge in [-0.15, -0.1) is 0 Å². The molecule has 0 saturated heterocycles. The molecule has 19 heavy (non-hydrogen) atoms. The third-order valence-electron chi connectivity index (χ3n) is 3.02. The SMILES string of the molecule is CCC.CCCCCCCCCC(OC)(OC)OC. The van der Waals surface area contributed by atoms with E-state index in [4.69, 9.17) is 14.2 Å². The van der Waals surface area contributed by atoms with Gasteiger partial charge in [-0.05, 0) is 6.42 Å². The van der Waals surface area contributed by atoms with Crippen LogP contribution in [0.1, 0.15) is 78.6 Å². The summed E-state index contributed by atoms with van der Waals surface area (Å²) in [7, 11) is 4.86. The van der Waals surface area contributed by atoms with Crippen molar-refractivity contribution in [2.45, 2.75) is 84.5 Å². The first-order chi connectivity index (χ1) is 9.16. The van der Waals surface area contributed by atoms with E-state index in [1.54, 1.807) is 21.3 Å². The maximum Gasteiger partial charge on any atom is 0.282 e. The zero-order valence-electron chi connectivity index (χ0n) is 14.1. The van der Waals surface area contributed by atoms with Crippen LogP contribution in [0.3, 0.4) is 0 Å². The second-order valence-corrected chi connectivity index (χ2v) is 4.87. The number of ether oxygens (including phenoxy) is 3. The van der Waals surface area contributed by atoms with E-state index in [9.17, 15) is 0 Å². The zero-order chi connectivity index (χ0) is 15.0. The van der Waals surface area contributed by atoms with E-state index in [0.717, 1.165) is 12.8 Å². The molecule has 0 aromatic carbocycles. The maximum absolute atomic E-state index is 5.24. The first kappa shape index (κ1) is 21.2. The summed E-state index contributed by atoms with van der Waals surface area (Å²) in [6.07, 6.45) is 11.0. The van der Waals surface area contributed by atoms with Crippen molar-refractivity contribution in [2.75, 3.05) is 21.3 Å². The van der Waals surface area contributed by atoms with Crippen molar-refractivity contribution in [3.05, 3.63) is 0 Å². The summed E-state index contributed by atoms with van der Waals surface area (Å²) in [6, 6.07) is 0. The molecule has 0 unspecified atom stereocenters. The van der Waals surface area contributed by atoms with Crippen LogP contribution in [0.4, 0.5) is 0 Å². The molecule has 0 spiro atoms. The molecule has 118 valence electrons. The summed E-state index contributed by atoms with van der Waals surface area (Å²) < 4.78 is 15.7. The molecule has 3 nitrogen and oxygen atoms in total. The van der Waals surface area contributed by atoms with Crippen LogP contribution in [0, 0.1) is 0 Å². The molecule has 0 radical (unpaired) electrons. The fraction of sp³-hybridized carbons (Fsp3) is 1.00. The summed E-state index contributed by atoms with van der Waals surface area (Å²) in [6.45, 7) is 6.49.